The Labute approximate surface area is 101 Å². The predicted octanol–water partition coefficient (Wildman–Crippen LogP) is -0.225. The summed E-state index contributed by atoms with van der Waals surface area (Å²) in [5.74, 6) is 1.16. The van der Waals surface area contributed by atoms with E-state index in [9.17, 15) is 9.59 Å². The van der Waals surface area contributed by atoms with Crippen LogP contribution >= 0.6 is 0 Å². The first-order chi connectivity index (χ1) is 8.06. The van der Waals surface area contributed by atoms with Gasteiger partial charge in [0.05, 0.1) is 6.54 Å². The molecular formula is C12H20N2O3. The lowest BCUT2D eigenvalue weighted by atomic mass is 9.86. The zero-order chi connectivity index (χ0) is 12.4. The topological polar surface area (TPSA) is 92.4 Å². The Bertz CT molecular complexity index is 319. The number of amides is 2. The molecule has 2 fully saturated rings. The summed E-state index contributed by atoms with van der Waals surface area (Å²) in [7, 11) is 0. The third-order valence-electron chi connectivity index (χ3n) is 4.15. The summed E-state index contributed by atoms with van der Waals surface area (Å²) >= 11 is 0. The van der Waals surface area contributed by atoms with E-state index in [1.165, 1.54) is 19.3 Å². The van der Waals surface area contributed by atoms with Gasteiger partial charge >= 0.3 is 0 Å². The van der Waals surface area contributed by atoms with Crippen LogP contribution in [0.5, 0.6) is 0 Å². The second-order valence-corrected chi connectivity index (χ2v) is 5.36. The number of nitrogens with one attached hydrogen (secondary N) is 1. The molecule has 0 radical (unpaired) electrons. The molecule has 2 aliphatic rings. The fourth-order valence-electron chi connectivity index (χ4n) is 3.25. The number of carbonyl (C=O) groups excluding carboxylic acids is 2. The number of aliphatic hydroxyl groups excluding tert-OH is 1. The van der Waals surface area contributed by atoms with Gasteiger partial charge in [0.1, 0.15) is 6.10 Å². The molecule has 96 valence electrons. The maximum absolute atomic E-state index is 11.6. The minimum atomic E-state index is -1.28. The Morgan fingerprint density at radius 2 is 2.12 bits per heavy atom. The summed E-state index contributed by atoms with van der Waals surface area (Å²) in [4.78, 5) is 22.2. The molecule has 0 aromatic rings. The van der Waals surface area contributed by atoms with E-state index in [0.29, 0.717) is 18.3 Å². The highest BCUT2D eigenvalue weighted by atomic mass is 16.3. The first-order valence-corrected chi connectivity index (χ1v) is 6.30. The highest BCUT2D eigenvalue weighted by Crippen LogP contribution is 2.49. The molecule has 2 amide bonds. The third-order valence-corrected chi connectivity index (χ3v) is 4.15. The zero-order valence-electron chi connectivity index (χ0n) is 9.89. The van der Waals surface area contributed by atoms with Gasteiger partial charge in [-0.15, -0.1) is 0 Å². The predicted molar refractivity (Wildman–Crippen MR) is 61.8 cm³/mol. The van der Waals surface area contributed by atoms with Gasteiger partial charge in [-0.05, 0) is 37.0 Å². The van der Waals surface area contributed by atoms with Crippen molar-refractivity contribution in [1.82, 2.24) is 5.32 Å². The van der Waals surface area contributed by atoms with Crippen molar-refractivity contribution in [2.45, 2.75) is 38.2 Å². The standard InChI is InChI=1S/C12H20N2O3/c13-12(17)10(15)6-14-11(16)5-9-4-7-1-2-8(9)3-7/h7-10,15H,1-6H2,(H2,13,17)(H,14,16). The van der Waals surface area contributed by atoms with Crippen molar-refractivity contribution in [2.24, 2.45) is 23.5 Å². The molecule has 0 aromatic carbocycles. The number of primary amides is 1. The summed E-state index contributed by atoms with van der Waals surface area (Å²) < 4.78 is 0. The zero-order valence-corrected chi connectivity index (χ0v) is 9.89. The number of hydrogen-bond acceptors (Lipinski definition) is 3. The van der Waals surface area contributed by atoms with Crippen LogP contribution in [0.3, 0.4) is 0 Å². The van der Waals surface area contributed by atoms with E-state index in [1.807, 2.05) is 0 Å². The van der Waals surface area contributed by atoms with Crippen LogP contribution in [0.2, 0.25) is 0 Å². The monoisotopic (exact) mass is 240 g/mol. The van der Waals surface area contributed by atoms with Gasteiger partial charge in [-0.1, -0.05) is 6.42 Å². The van der Waals surface area contributed by atoms with E-state index >= 15 is 0 Å². The lowest BCUT2D eigenvalue weighted by Gasteiger charge is -2.21. The van der Waals surface area contributed by atoms with Crippen molar-refractivity contribution in [2.75, 3.05) is 6.54 Å². The molecule has 2 bridgehead atoms. The lowest BCUT2D eigenvalue weighted by molar-refractivity contribution is -0.127. The Morgan fingerprint density at radius 3 is 2.65 bits per heavy atom. The molecule has 2 rings (SSSR count). The highest BCUT2D eigenvalue weighted by molar-refractivity contribution is 5.81. The van der Waals surface area contributed by atoms with Crippen molar-refractivity contribution in [1.29, 1.82) is 0 Å². The molecule has 0 spiro atoms. The van der Waals surface area contributed by atoms with Crippen LogP contribution < -0.4 is 11.1 Å². The van der Waals surface area contributed by atoms with Gasteiger partial charge in [-0.3, -0.25) is 9.59 Å². The van der Waals surface area contributed by atoms with Gasteiger partial charge in [-0.25, -0.2) is 0 Å². The Hall–Kier alpha value is -1.10. The van der Waals surface area contributed by atoms with E-state index < -0.39 is 12.0 Å². The van der Waals surface area contributed by atoms with Crippen LogP contribution in [0.1, 0.15) is 32.1 Å². The maximum Gasteiger partial charge on any atom is 0.248 e. The van der Waals surface area contributed by atoms with E-state index in [0.717, 1.165) is 12.3 Å². The first kappa shape index (κ1) is 12.4. The molecule has 4 unspecified atom stereocenters. The molecule has 4 N–H and O–H groups in total. The Balaban J connectivity index is 1.69. The van der Waals surface area contributed by atoms with Crippen molar-refractivity contribution < 1.29 is 14.7 Å². The number of hydrogen-bond donors (Lipinski definition) is 3. The van der Waals surface area contributed by atoms with Crippen LogP contribution in [-0.2, 0) is 9.59 Å². The number of rotatable bonds is 5. The fourth-order valence-corrected chi connectivity index (χ4v) is 3.25. The van der Waals surface area contributed by atoms with E-state index in [-0.39, 0.29) is 12.5 Å². The molecule has 0 heterocycles. The second-order valence-electron chi connectivity index (χ2n) is 5.36. The molecule has 17 heavy (non-hydrogen) atoms. The maximum atomic E-state index is 11.6. The minimum Gasteiger partial charge on any atom is -0.381 e. The van der Waals surface area contributed by atoms with Gasteiger partial charge in [-0.2, -0.15) is 0 Å². The van der Waals surface area contributed by atoms with E-state index in [4.69, 9.17) is 10.8 Å². The van der Waals surface area contributed by atoms with Gasteiger partial charge in [0.25, 0.3) is 0 Å². The van der Waals surface area contributed by atoms with Crippen LogP contribution in [0.4, 0.5) is 0 Å². The summed E-state index contributed by atoms with van der Waals surface area (Å²) in [6.45, 7) is -0.0744. The molecule has 4 atom stereocenters. The molecular weight excluding hydrogens is 220 g/mol. The molecule has 0 saturated heterocycles. The number of carbonyl (C=O) groups is 2. The number of aliphatic hydroxyl groups is 1. The van der Waals surface area contributed by atoms with Gasteiger partial charge < -0.3 is 16.2 Å². The smallest absolute Gasteiger partial charge is 0.248 e. The van der Waals surface area contributed by atoms with Gasteiger partial charge in [0.2, 0.25) is 11.8 Å². The van der Waals surface area contributed by atoms with Crippen molar-refractivity contribution in [3.8, 4) is 0 Å². The molecule has 2 saturated carbocycles. The molecule has 0 aliphatic heterocycles. The Kier molecular flexibility index (Phi) is 3.66. The fraction of sp³-hybridized carbons (Fsp3) is 0.833. The van der Waals surface area contributed by atoms with Crippen molar-refractivity contribution >= 4 is 11.8 Å². The van der Waals surface area contributed by atoms with Crippen LogP contribution in [0.15, 0.2) is 0 Å². The minimum absolute atomic E-state index is 0.0744. The SMILES string of the molecule is NC(=O)C(O)CNC(=O)CC1CC2CCC1C2. The largest absolute Gasteiger partial charge is 0.381 e. The summed E-state index contributed by atoms with van der Waals surface area (Å²) in [6, 6.07) is 0. The summed E-state index contributed by atoms with van der Waals surface area (Å²) in [5.41, 5.74) is 4.89. The van der Waals surface area contributed by atoms with Crippen LogP contribution in [0.25, 0.3) is 0 Å². The number of nitrogens with two attached hydrogens (primary N) is 1. The molecule has 5 heteroatoms. The molecule has 0 aromatic heterocycles. The second kappa shape index (κ2) is 5.04. The van der Waals surface area contributed by atoms with Crippen molar-refractivity contribution in [3.05, 3.63) is 0 Å². The lowest BCUT2D eigenvalue weighted by Crippen LogP contribution is -2.40. The summed E-state index contributed by atoms with van der Waals surface area (Å²) in [6.07, 6.45) is 4.26. The Morgan fingerprint density at radius 1 is 1.35 bits per heavy atom. The van der Waals surface area contributed by atoms with Crippen LogP contribution in [0, 0.1) is 17.8 Å². The average Bonchev–Trinajstić information content (AvgIpc) is 2.87. The molecule has 2 aliphatic carbocycles. The first-order valence-electron chi connectivity index (χ1n) is 6.30. The van der Waals surface area contributed by atoms with E-state index in [1.54, 1.807) is 0 Å². The molecule has 5 nitrogen and oxygen atoms in total. The quantitative estimate of drug-likeness (QED) is 0.620. The summed E-state index contributed by atoms with van der Waals surface area (Å²) in [5, 5.41) is 11.7. The normalized spacial score (nSPS) is 32.4. The van der Waals surface area contributed by atoms with E-state index in [2.05, 4.69) is 5.32 Å². The average molecular weight is 240 g/mol. The van der Waals surface area contributed by atoms with Crippen molar-refractivity contribution in [3.63, 3.8) is 0 Å². The third kappa shape index (κ3) is 2.97. The van der Waals surface area contributed by atoms with Gasteiger partial charge in [0, 0.05) is 6.42 Å². The van der Waals surface area contributed by atoms with Gasteiger partial charge in [0.15, 0.2) is 0 Å². The number of fused-ring (bicyclic) bond motifs is 2. The van der Waals surface area contributed by atoms with Crippen LogP contribution in [-0.4, -0.2) is 29.6 Å². The highest BCUT2D eigenvalue weighted by Gasteiger charge is 2.40.